The van der Waals surface area contributed by atoms with Crippen molar-refractivity contribution in [2.75, 3.05) is 11.9 Å². The van der Waals surface area contributed by atoms with Gasteiger partial charge in [-0.3, -0.25) is 0 Å². The lowest BCUT2D eigenvalue weighted by molar-refractivity contribution is 0.190. The van der Waals surface area contributed by atoms with Gasteiger partial charge in [-0.15, -0.1) is 11.3 Å². The molecule has 2 heterocycles. The summed E-state index contributed by atoms with van der Waals surface area (Å²) >= 11 is 1.77. The van der Waals surface area contributed by atoms with Crippen molar-refractivity contribution in [3.8, 4) is 0 Å². The molecule has 2 amide bonds. The molecule has 0 aliphatic carbocycles. The maximum absolute atomic E-state index is 12.8. The highest BCUT2D eigenvalue weighted by Crippen LogP contribution is 2.35. The van der Waals surface area contributed by atoms with E-state index in [1.807, 2.05) is 35.2 Å². The first-order valence-electron chi connectivity index (χ1n) is 7.92. The minimum Gasteiger partial charge on any atom is -0.317 e. The van der Waals surface area contributed by atoms with Crippen LogP contribution >= 0.6 is 11.3 Å². The van der Waals surface area contributed by atoms with Crippen molar-refractivity contribution in [3.63, 3.8) is 0 Å². The molecule has 0 bridgehead atoms. The van der Waals surface area contributed by atoms with E-state index in [-0.39, 0.29) is 12.1 Å². The van der Waals surface area contributed by atoms with Crippen LogP contribution in [0.1, 0.15) is 42.2 Å². The number of hydrogen-bond acceptors (Lipinski definition) is 2. The van der Waals surface area contributed by atoms with Gasteiger partial charge in [-0.2, -0.15) is 0 Å². The molecule has 1 aliphatic rings. The number of carbonyl (C=O) groups excluding carboxylic acids is 1. The summed E-state index contributed by atoms with van der Waals surface area (Å²) in [5.74, 6) is 0. The van der Waals surface area contributed by atoms with Crippen molar-refractivity contribution in [2.45, 2.75) is 38.6 Å². The molecule has 1 fully saturated rings. The molecule has 1 aliphatic heterocycles. The summed E-state index contributed by atoms with van der Waals surface area (Å²) in [6.07, 6.45) is 4.54. The number of hydrogen-bond donors (Lipinski definition) is 1. The summed E-state index contributed by atoms with van der Waals surface area (Å²) < 4.78 is 0. The lowest BCUT2D eigenvalue weighted by Crippen LogP contribution is -2.38. The predicted molar refractivity (Wildman–Crippen MR) is 92.4 cm³/mol. The van der Waals surface area contributed by atoms with Crippen molar-refractivity contribution >= 4 is 23.1 Å². The molecule has 1 aromatic heterocycles. The van der Waals surface area contributed by atoms with Crippen LogP contribution < -0.4 is 5.32 Å². The zero-order valence-corrected chi connectivity index (χ0v) is 13.7. The van der Waals surface area contributed by atoms with Crippen LogP contribution in [0.25, 0.3) is 0 Å². The fourth-order valence-corrected chi connectivity index (χ4v) is 4.14. The summed E-state index contributed by atoms with van der Waals surface area (Å²) in [6.45, 7) is 2.98. The van der Waals surface area contributed by atoms with Gasteiger partial charge in [0.2, 0.25) is 0 Å². The van der Waals surface area contributed by atoms with Gasteiger partial charge in [0, 0.05) is 17.1 Å². The number of nitrogens with one attached hydrogen (secondary N) is 1. The summed E-state index contributed by atoms with van der Waals surface area (Å²) in [4.78, 5) is 16.1. The fraction of sp³-hybridized carbons (Fsp3) is 0.389. The quantitative estimate of drug-likeness (QED) is 0.811. The van der Waals surface area contributed by atoms with Crippen LogP contribution in [-0.4, -0.2) is 17.5 Å². The molecular weight excluding hydrogens is 292 g/mol. The van der Waals surface area contributed by atoms with Gasteiger partial charge in [0.25, 0.3) is 0 Å². The second-order valence-electron chi connectivity index (χ2n) is 5.82. The topological polar surface area (TPSA) is 32.3 Å². The minimum absolute atomic E-state index is 0.0194. The lowest BCUT2D eigenvalue weighted by atomic mass is 10.1. The van der Waals surface area contributed by atoms with E-state index in [1.165, 1.54) is 23.3 Å². The van der Waals surface area contributed by atoms with Crippen LogP contribution in [0, 0.1) is 6.92 Å². The molecule has 1 unspecified atom stereocenters. The molecule has 1 saturated heterocycles. The van der Waals surface area contributed by atoms with E-state index in [4.69, 9.17) is 0 Å². The van der Waals surface area contributed by atoms with Crippen LogP contribution in [0.2, 0.25) is 0 Å². The number of aryl methyl sites for hydroxylation is 1. The van der Waals surface area contributed by atoms with Crippen molar-refractivity contribution in [3.05, 3.63) is 52.2 Å². The maximum atomic E-state index is 12.8. The van der Waals surface area contributed by atoms with E-state index in [1.54, 1.807) is 11.3 Å². The van der Waals surface area contributed by atoms with E-state index in [0.29, 0.717) is 0 Å². The summed E-state index contributed by atoms with van der Waals surface area (Å²) in [5, 5.41) is 5.17. The lowest BCUT2D eigenvalue weighted by Gasteiger charge is -2.30. The average molecular weight is 314 g/mol. The molecule has 2 aromatic rings. The van der Waals surface area contributed by atoms with E-state index >= 15 is 0 Å². The van der Waals surface area contributed by atoms with Gasteiger partial charge < -0.3 is 10.2 Å². The first kappa shape index (κ1) is 15.1. The second-order valence-corrected chi connectivity index (χ2v) is 6.77. The molecule has 1 atom stereocenters. The molecule has 4 heteroatoms. The van der Waals surface area contributed by atoms with Gasteiger partial charge >= 0.3 is 6.03 Å². The average Bonchev–Trinajstić information content (AvgIpc) is 2.81. The molecule has 0 radical (unpaired) electrons. The second kappa shape index (κ2) is 6.97. The van der Waals surface area contributed by atoms with Crippen LogP contribution in [0.3, 0.4) is 0 Å². The Hall–Kier alpha value is -1.81. The molecular formula is C18H22N2OS. The molecule has 3 nitrogen and oxygen atoms in total. The van der Waals surface area contributed by atoms with Crippen LogP contribution in [0.5, 0.6) is 0 Å². The minimum atomic E-state index is 0.0194. The zero-order chi connectivity index (χ0) is 15.4. The van der Waals surface area contributed by atoms with Gasteiger partial charge in [-0.05, 0) is 48.9 Å². The van der Waals surface area contributed by atoms with Crippen molar-refractivity contribution in [2.24, 2.45) is 0 Å². The number of anilines is 1. The molecule has 1 aromatic carbocycles. The first-order chi connectivity index (χ1) is 10.8. The molecule has 3 rings (SSSR count). The Kier molecular flexibility index (Phi) is 4.78. The van der Waals surface area contributed by atoms with Crippen molar-refractivity contribution in [1.29, 1.82) is 0 Å². The Morgan fingerprint density at radius 2 is 2.00 bits per heavy atom. The normalized spacial score (nSPS) is 18.8. The molecule has 116 valence electrons. The van der Waals surface area contributed by atoms with Crippen molar-refractivity contribution in [1.82, 2.24) is 4.90 Å². The standard InChI is InChI=1S/C18H22N2OS/c1-14-11-13-22-17(14)16-10-6-3-7-12-20(16)18(21)19-15-8-4-2-5-9-15/h2,4-5,8-9,11,13,16H,3,6-7,10,12H2,1H3,(H,19,21). The highest BCUT2D eigenvalue weighted by Gasteiger charge is 2.28. The fourth-order valence-electron chi connectivity index (χ4n) is 3.07. The van der Waals surface area contributed by atoms with Gasteiger partial charge in [-0.25, -0.2) is 4.79 Å². The zero-order valence-electron chi connectivity index (χ0n) is 12.9. The number of carbonyl (C=O) groups is 1. The maximum Gasteiger partial charge on any atom is 0.322 e. The number of likely N-dealkylation sites (tertiary alicyclic amines) is 1. The molecule has 22 heavy (non-hydrogen) atoms. The monoisotopic (exact) mass is 314 g/mol. The largest absolute Gasteiger partial charge is 0.322 e. The number of thiophene rings is 1. The molecule has 0 saturated carbocycles. The van der Waals surface area contributed by atoms with E-state index in [2.05, 4.69) is 23.7 Å². The third kappa shape index (κ3) is 3.33. The van der Waals surface area contributed by atoms with Gasteiger partial charge in [0.1, 0.15) is 0 Å². The number of rotatable bonds is 2. The molecule has 1 N–H and O–H groups in total. The summed E-state index contributed by atoms with van der Waals surface area (Å²) in [6, 6.07) is 12.1. The van der Waals surface area contributed by atoms with Gasteiger partial charge in [0.05, 0.1) is 6.04 Å². The number of para-hydroxylation sites is 1. The predicted octanol–water partition coefficient (Wildman–Crippen LogP) is 5.21. The Balaban J connectivity index is 1.81. The Morgan fingerprint density at radius 1 is 1.18 bits per heavy atom. The number of urea groups is 1. The molecule has 0 spiro atoms. The number of nitrogens with zero attached hydrogens (tertiary/aromatic N) is 1. The third-order valence-corrected chi connectivity index (χ3v) is 5.36. The van der Waals surface area contributed by atoms with Gasteiger partial charge in [-0.1, -0.05) is 31.0 Å². The van der Waals surface area contributed by atoms with Crippen LogP contribution in [0.4, 0.5) is 10.5 Å². The van der Waals surface area contributed by atoms with E-state index < -0.39 is 0 Å². The highest BCUT2D eigenvalue weighted by molar-refractivity contribution is 7.10. The van der Waals surface area contributed by atoms with Crippen LogP contribution in [-0.2, 0) is 0 Å². The Labute approximate surface area is 136 Å². The van der Waals surface area contributed by atoms with Crippen LogP contribution in [0.15, 0.2) is 41.8 Å². The van der Waals surface area contributed by atoms with Gasteiger partial charge in [0.15, 0.2) is 0 Å². The first-order valence-corrected chi connectivity index (χ1v) is 8.80. The number of benzene rings is 1. The summed E-state index contributed by atoms with van der Waals surface area (Å²) in [7, 11) is 0. The smallest absolute Gasteiger partial charge is 0.317 e. The summed E-state index contributed by atoms with van der Waals surface area (Å²) in [5.41, 5.74) is 2.16. The number of amides is 2. The Morgan fingerprint density at radius 3 is 2.73 bits per heavy atom. The van der Waals surface area contributed by atoms with E-state index in [0.717, 1.165) is 25.1 Å². The van der Waals surface area contributed by atoms with E-state index in [9.17, 15) is 4.79 Å². The Bertz CT molecular complexity index is 623. The van der Waals surface area contributed by atoms with Crippen molar-refractivity contribution < 1.29 is 4.79 Å². The SMILES string of the molecule is Cc1ccsc1C1CCCCCN1C(=O)Nc1ccccc1. The highest BCUT2D eigenvalue weighted by atomic mass is 32.1. The third-order valence-electron chi connectivity index (χ3n) is 4.24.